The minimum absolute atomic E-state index is 0.116. The molecule has 3 aromatic rings. The first-order chi connectivity index (χ1) is 13.2. The molecular weight excluding hydrogens is 350 g/mol. The Kier molecular flexibility index (Phi) is 6.00. The number of aromatic nitrogens is 4. The maximum Gasteiger partial charge on any atom is 0.407 e. The molecule has 0 spiro atoms. The first-order valence-corrected chi connectivity index (χ1v) is 8.38. The molecule has 0 aliphatic carbocycles. The molecule has 10 heteroatoms. The maximum absolute atomic E-state index is 11.5. The Bertz CT molecular complexity index is 895. The van der Waals surface area contributed by atoms with Gasteiger partial charge < -0.3 is 30.8 Å². The molecule has 0 radical (unpaired) electrons. The zero-order chi connectivity index (χ0) is 19.1. The Balaban J connectivity index is 1.52. The van der Waals surface area contributed by atoms with E-state index in [1.165, 1.54) is 6.33 Å². The number of nitrogen functional groups attached to an aromatic ring is 1. The number of carbonyl (C=O) groups excluding carboxylic acids is 1. The largest absolute Gasteiger partial charge is 0.471 e. The summed E-state index contributed by atoms with van der Waals surface area (Å²) in [5.74, 6) is 0.443. The summed E-state index contributed by atoms with van der Waals surface area (Å²) < 4.78 is 10.7. The second-order valence-corrected chi connectivity index (χ2v) is 5.68. The van der Waals surface area contributed by atoms with E-state index >= 15 is 0 Å². The minimum Gasteiger partial charge on any atom is -0.471 e. The van der Waals surface area contributed by atoms with E-state index in [4.69, 9.17) is 15.2 Å². The number of H-pyrrole nitrogens is 1. The van der Waals surface area contributed by atoms with Gasteiger partial charge in [0.2, 0.25) is 11.8 Å². The van der Waals surface area contributed by atoms with Crippen molar-refractivity contribution < 1.29 is 14.3 Å². The molecule has 0 saturated heterocycles. The molecule has 0 aliphatic heterocycles. The zero-order valence-corrected chi connectivity index (χ0v) is 14.9. The van der Waals surface area contributed by atoms with Crippen LogP contribution in [0.15, 0.2) is 30.6 Å². The molecular formula is C17H21N7O3. The van der Waals surface area contributed by atoms with E-state index in [0.29, 0.717) is 43.3 Å². The summed E-state index contributed by atoms with van der Waals surface area (Å²) in [6.07, 6.45) is 1.07. The van der Waals surface area contributed by atoms with Crippen LogP contribution in [0.25, 0.3) is 11.2 Å². The number of imidazole rings is 1. The smallest absolute Gasteiger partial charge is 0.407 e. The summed E-state index contributed by atoms with van der Waals surface area (Å²) in [6.45, 7) is 1.63. The summed E-state index contributed by atoms with van der Waals surface area (Å²) in [6, 6.07) is 7.64. The van der Waals surface area contributed by atoms with Crippen LogP contribution in [0.1, 0.15) is 11.1 Å². The maximum atomic E-state index is 11.5. The van der Waals surface area contributed by atoms with Gasteiger partial charge in [0.1, 0.15) is 13.2 Å². The summed E-state index contributed by atoms with van der Waals surface area (Å²) in [5.41, 5.74) is 8.62. The number of aromatic amines is 1. The highest BCUT2D eigenvalue weighted by Crippen LogP contribution is 2.20. The van der Waals surface area contributed by atoms with E-state index in [9.17, 15) is 4.79 Å². The van der Waals surface area contributed by atoms with E-state index in [2.05, 4.69) is 30.6 Å². The number of nitrogens with one attached hydrogen (secondary N) is 3. The van der Waals surface area contributed by atoms with Gasteiger partial charge in [-0.3, -0.25) is 0 Å². The minimum atomic E-state index is -0.443. The Morgan fingerprint density at radius 3 is 2.78 bits per heavy atom. The number of nitrogens with two attached hydrogens (primary N) is 1. The monoisotopic (exact) mass is 371 g/mol. The van der Waals surface area contributed by atoms with Gasteiger partial charge in [-0.2, -0.15) is 9.97 Å². The van der Waals surface area contributed by atoms with Gasteiger partial charge in [0.15, 0.2) is 11.2 Å². The van der Waals surface area contributed by atoms with Gasteiger partial charge in [-0.05, 0) is 18.2 Å². The topological polar surface area (TPSA) is 140 Å². The molecule has 0 atom stereocenters. The molecule has 2 aromatic heterocycles. The van der Waals surface area contributed by atoms with E-state index in [1.807, 2.05) is 24.3 Å². The van der Waals surface area contributed by atoms with E-state index in [0.717, 1.165) is 11.1 Å². The van der Waals surface area contributed by atoms with Crippen molar-refractivity contribution in [3.63, 3.8) is 0 Å². The van der Waals surface area contributed by atoms with Crippen molar-refractivity contribution in [3.05, 3.63) is 41.7 Å². The Morgan fingerprint density at radius 2 is 2.00 bits per heavy atom. The van der Waals surface area contributed by atoms with Gasteiger partial charge in [0.25, 0.3) is 0 Å². The number of alkyl carbamates (subject to hydrolysis) is 1. The molecule has 5 N–H and O–H groups in total. The van der Waals surface area contributed by atoms with Crippen LogP contribution in [0.3, 0.4) is 0 Å². The van der Waals surface area contributed by atoms with Gasteiger partial charge in [0.05, 0.1) is 6.33 Å². The van der Waals surface area contributed by atoms with Crippen LogP contribution in [0.4, 0.5) is 10.7 Å². The van der Waals surface area contributed by atoms with Gasteiger partial charge in [-0.15, -0.1) is 0 Å². The van der Waals surface area contributed by atoms with Gasteiger partial charge >= 0.3 is 6.09 Å². The van der Waals surface area contributed by atoms with Crippen LogP contribution in [0.2, 0.25) is 0 Å². The van der Waals surface area contributed by atoms with Gasteiger partial charge in [-0.25, -0.2) is 9.78 Å². The van der Waals surface area contributed by atoms with Crippen molar-refractivity contribution in [3.8, 4) is 5.88 Å². The number of hydrogen-bond acceptors (Lipinski definition) is 8. The quantitative estimate of drug-likeness (QED) is 0.429. The van der Waals surface area contributed by atoms with Crippen LogP contribution in [-0.4, -0.2) is 46.2 Å². The third kappa shape index (κ3) is 5.05. The number of fused-ring (bicyclic) bond motifs is 1. The van der Waals surface area contributed by atoms with Crippen LogP contribution < -0.4 is 21.1 Å². The third-order valence-electron chi connectivity index (χ3n) is 3.68. The number of ether oxygens (including phenoxy) is 2. The molecule has 0 unspecified atom stereocenters. The van der Waals surface area contributed by atoms with Crippen molar-refractivity contribution in [2.75, 3.05) is 25.9 Å². The molecule has 0 bridgehead atoms. The van der Waals surface area contributed by atoms with Crippen molar-refractivity contribution in [2.45, 2.75) is 13.2 Å². The number of rotatable bonds is 8. The van der Waals surface area contributed by atoms with Crippen molar-refractivity contribution in [2.24, 2.45) is 0 Å². The lowest BCUT2D eigenvalue weighted by Crippen LogP contribution is -2.26. The number of anilines is 1. The summed E-state index contributed by atoms with van der Waals surface area (Å²) in [4.78, 5) is 26.7. The number of carbonyl (C=O) groups is 1. The summed E-state index contributed by atoms with van der Waals surface area (Å²) >= 11 is 0. The number of benzene rings is 1. The number of amides is 1. The average molecular weight is 371 g/mol. The predicted molar refractivity (Wildman–Crippen MR) is 99.0 cm³/mol. The lowest BCUT2D eigenvalue weighted by Gasteiger charge is -2.09. The third-order valence-corrected chi connectivity index (χ3v) is 3.68. The zero-order valence-electron chi connectivity index (χ0n) is 14.9. The highest BCUT2D eigenvalue weighted by molar-refractivity contribution is 5.76. The Hall–Kier alpha value is -3.40. The standard InChI is InChI=1S/C17H21N7O3/c1-19-6-7-26-17(25)20-8-11-2-4-12(5-3-11)9-27-15-13-14(22-10-21-13)23-16(18)24-15/h2-5,10,19H,6-9H2,1H3,(H,20,25)(H3,18,21,22,23,24). The first kappa shape index (κ1) is 18.4. The first-order valence-electron chi connectivity index (χ1n) is 8.38. The summed E-state index contributed by atoms with van der Waals surface area (Å²) in [5, 5.41) is 5.60. The Morgan fingerprint density at radius 1 is 1.22 bits per heavy atom. The highest BCUT2D eigenvalue weighted by atomic mass is 16.5. The highest BCUT2D eigenvalue weighted by Gasteiger charge is 2.10. The van der Waals surface area contributed by atoms with E-state index in [1.54, 1.807) is 7.05 Å². The number of nitrogens with zero attached hydrogens (tertiary/aromatic N) is 3. The normalized spacial score (nSPS) is 10.7. The van der Waals surface area contributed by atoms with Crippen LogP contribution in [0.5, 0.6) is 5.88 Å². The molecule has 10 nitrogen and oxygen atoms in total. The molecule has 3 rings (SSSR count). The van der Waals surface area contributed by atoms with Crippen molar-refractivity contribution in [1.82, 2.24) is 30.6 Å². The lowest BCUT2D eigenvalue weighted by molar-refractivity contribution is 0.147. The molecule has 142 valence electrons. The molecule has 2 heterocycles. The van der Waals surface area contributed by atoms with Crippen molar-refractivity contribution >= 4 is 23.2 Å². The second kappa shape index (κ2) is 8.81. The fourth-order valence-corrected chi connectivity index (χ4v) is 2.30. The molecule has 27 heavy (non-hydrogen) atoms. The van der Waals surface area contributed by atoms with Crippen LogP contribution in [0, 0.1) is 0 Å². The van der Waals surface area contributed by atoms with Gasteiger partial charge in [0, 0.05) is 13.1 Å². The molecule has 0 aliphatic rings. The number of hydrogen-bond donors (Lipinski definition) is 4. The lowest BCUT2D eigenvalue weighted by atomic mass is 10.1. The second-order valence-electron chi connectivity index (χ2n) is 5.68. The van der Waals surface area contributed by atoms with E-state index in [-0.39, 0.29) is 5.95 Å². The van der Waals surface area contributed by atoms with Gasteiger partial charge in [-0.1, -0.05) is 24.3 Å². The fourth-order valence-electron chi connectivity index (χ4n) is 2.30. The Labute approximate surface area is 155 Å². The van der Waals surface area contributed by atoms with Crippen molar-refractivity contribution in [1.29, 1.82) is 0 Å². The SMILES string of the molecule is CNCCOC(=O)NCc1ccc(COc2nc(N)nc3[nH]cnc23)cc1. The summed E-state index contributed by atoms with van der Waals surface area (Å²) in [7, 11) is 1.80. The molecule has 1 amide bonds. The molecule has 1 aromatic carbocycles. The average Bonchev–Trinajstić information content (AvgIpc) is 3.14. The molecule has 0 fully saturated rings. The van der Waals surface area contributed by atoms with Crippen LogP contribution in [-0.2, 0) is 17.9 Å². The predicted octanol–water partition coefficient (Wildman–Crippen LogP) is 0.960. The fraction of sp³-hybridized carbons (Fsp3) is 0.294. The van der Waals surface area contributed by atoms with Crippen LogP contribution >= 0.6 is 0 Å². The molecule has 0 saturated carbocycles. The van der Waals surface area contributed by atoms with E-state index < -0.39 is 6.09 Å². The number of likely N-dealkylation sites (N-methyl/N-ethyl adjacent to an activating group) is 1.